The van der Waals surface area contributed by atoms with Crippen LogP contribution in [0.4, 0.5) is 4.20 Å². The van der Waals surface area contributed by atoms with Gasteiger partial charge in [0.2, 0.25) is 0 Å². The van der Waals surface area contributed by atoms with Crippen LogP contribution in [0, 0.1) is 0 Å². The summed E-state index contributed by atoms with van der Waals surface area (Å²) in [6.07, 6.45) is 0. The van der Waals surface area contributed by atoms with E-state index in [9.17, 15) is 4.20 Å². The zero-order chi connectivity index (χ0) is 4.50. The van der Waals surface area contributed by atoms with Crippen molar-refractivity contribution < 1.29 is 37.1 Å². The third-order valence-corrected chi connectivity index (χ3v) is 0. The van der Waals surface area contributed by atoms with Crippen LogP contribution in [0.25, 0.3) is 0 Å². The molecule has 0 saturated carbocycles. The summed E-state index contributed by atoms with van der Waals surface area (Å²) in [7, 11) is -5.14. The fourth-order valence-corrected chi connectivity index (χ4v) is 0. The van der Waals surface area contributed by atoms with Gasteiger partial charge in [-0.1, -0.05) is 0 Å². The second-order valence-corrected chi connectivity index (χ2v) is 1.42. The normalized spacial score (nSPS) is 8.43. The molecule has 0 aliphatic heterocycles. The van der Waals surface area contributed by atoms with E-state index in [0.29, 0.717) is 0 Å². The van der Waals surface area contributed by atoms with Gasteiger partial charge in [-0.15, -0.1) is 4.20 Å². The minimum absolute atomic E-state index is 0. The van der Waals surface area contributed by atoms with Gasteiger partial charge < -0.3 is 0 Å². The summed E-state index contributed by atoms with van der Waals surface area (Å²) in [4.78, 5) is 13.9. The zero-order valence-electron chi connectivity index (χ0n) is 2.58. The molecule has 0 bridgehead atoms. The molecule has 0 fully saturated rings. The van der Waals surface area contributed by atoms with Gasteiger partial charge in [0.1, 0.15) is 0 Å². The summed E-state index contributed by atoms with van der Waals surface area (Å²) < 4.78 is 19.0. The molecule has 39 valence electrons. The third kappa shape index (κ3) is 62.3. The van der Waals surface area contributed by atoms with E-state index in [-0.39, 0.29) is 69.9 Å². The average molecular weight is 191 g/mol. The van der Waals surface area contributed by atoms with Gasteiger partial charge >= 0.3 is 59.3 Å². The van der Waals surface area contributed by atoms with Crippen molar-refractivity contribution in [2.75, 3.05) is 0 Å². The summed E-state index contributed by atoms with van der Waals surface area (Å²) in [5, 5.41) is 0. The Bertz CT molecular complexity index is 61.1. The van der Waals surface area contributed by atoms with E-state index in [4.69, 9.17) is 14.4 Å². The number of hydrogen-bond acceptors (Lipinski definition) is 1. The van der Waals surface area contributed by atoms with E-state index in [1.807, 2.05) is 0 Å². The van der Waals surface area contributed by atoms with Gasteiger partial charge in [-0.2, -0.15) is 0 Å². The van der Waals surface area contributed by atoms with E-state index < -0.39 is 7.91 Å². The molecule has 0 atom stereocenters. The van der Waals surface area contributed by atoms with Crippen LogP contribution in [-0.2, 0) is 23.1 Å². The van der Waals surface area contributed by atoms with E-state index in [0.717, 1.165) is 0 Å². The Kier molecular flexibility index (Phi) is 14.8. The van der Waals surface area contributed by atoms with Gasteiger partial charge in [0.15, 0.2) is 0 Å². The number of rotatable bonds is 0. The molecule has 0 aliphatic carbocycles. The van der Waals surface area contributed by atoms with Gasteiger partial charge in [-0.3, -0.25) is 9.79 Å². The Labute approximate surface area is 94.6 Å². The molecule has 0 saturated heterocycles. The summed E-state index contributed by atoms with van der Waals surface area (Å²) in [6.45, 7) is 0. The molecule has 0 aliphatic rings. The second kappa shape index (κ2) is 6.42. The summed E-state index contributed by atoms with van der Waals surface area (Å²) in [5.41, 5.74) is 0. The Morgan fingerprint density at radius 1 is 1.43 bits per heavy atom. The van der Waals surface area contributed by atoms with Gasteiger partial charge in [0, 0.05) is 18.6 Å². The maximum Gasteiger partial charge on any atom is 0 e. The molecule has 0 amide bonds. The molecular formula is H3FKO3PV. The monoisotopic (exact) mass is 191 g/mol. The molecule has 7 heteroatoms. The van der Waals surface area contributed by atoms with Gasteiger partial charge in [0.25, 0.3) is 0 Å². The molecule has 7 heavy (non-hydrogen) atoms. The first-order valence-corrected chi connectivity index (χ1v) is 2.25. The van der Waals surface area contributed by atoms with Gasteiger partial charge in [0.05, 0.1) is 0 Å². The molecule has 2 N–H and O–H groups in total. The third-order valence-electron chi connectivity index (χ3n) is 0. The van der Waals surface area contributed by atoms with Crippen molar-refractivity contribution in [1.82, 2.24) is 0 Å². The van der Waals surface area contributed by atoms with Crippen LogP contribution in [0.15, 0.2) is 0 Å². The largest absolute Gasteiger partial charge is 0 e. The first-order chi connectivity index (χ1) is 2.00. The molecule has 0 aromatic rings. The topological polar surface area (TPSA) is 57.5 Å². The Balaban J connectivity index is -0.0000000800. The molecule has 0 spiro atoms. The van der Waals surface area contributed by atoms with E-state index in [1.165, 1.54) is 0 Å². The number of hydrogen-bond donors (Lipinski definition) is 2. The molecule has 0 aromatic carbocycles. The summed E-state index contributed by atoms with van der Waals surface area (Å²) in [6, 6.07) is 0. The second-order valence-electron chi connectivity index (χ2n) is 0.473. The van der Waals surface area contributed by atoms with Crippen LogP contribution in [0.5, 0.6) is 0 Å². The number of halogens is 1. The standard InChI is InChI=1S/FH2O3P.K.V.H/c1-5(2,3)4;;;/h(H2,2,3,4);;;. The summed E-state index contributed by atoms with van der Waals surface area (Å²) >= 11 is 0. The Hall–Kier alpha value is 2.30. The van der Waals surface area contributed by atoms with Gasteiger partial charge in [-0.05, 0) is 0 Å². The predicted molar refractivity (Wildman–Crippen MR) is 20.3 cm³/mol. The van der Waals surface area contributed by atoms with Crippen LogP contribution >= 0.6 is 7.91 Å². The van der Waals surface area contributed by atoms with Crippen LogP contribution in [0.3, 0.4) is 0 Å². The molecule has 0 heterocycles. The van der Waals surface area contributed by atoms with Crippen molar-refractivity contribution >= 4 is 59.3 Å². The maximum atomic E-state index is 10.4. The zero-order valence-corrected chi connectivity index (χ0v) is 4.87. The minimum atomic E-state index is -5.14. The van der Waals surface area contributed by atoms with E-state index >= 15 is 0 Å². The van der Waals surface area contributed by atoms with Crippen LogP contribution in [-0.4, -0.2) is 61.2 Å². The average Bonchev–Trinajstić information content (AvgIpc) is 0.722. The molecule has 0 rings (SSSR count). The fraction of sp³-hybridized carbons (Fsp3) is 0. The Morgan fingerprint density at radius 3 is 1.43 bits per heavy atom. The first kappa shape index (κ1) is 16.1. The SMILES string of the molecule is O=P(O)(O)F.[KH].[V]. The van der Waals surface area contributed by atoms with Crippen molar-refractivity contribution in [2.24, 2.45) is 0 Å². The van der Waals surface area contributed by atoms with Gasteiger partial charge in [-0.25, -0.2) is 4.57 Å². The molecular weight excluding hydrogens is 188 g/mol. The minimum Gasteiger partial charge on any atom is 0 e. The molecule has 0 unspecified atom stereocenters. The van der Waals surface area contributed by atoms with Crippen molar-refractivity contribution in [3.8, 4) is 0 Å². The quantitative estimate of drug-likeness (QED) is 0.397. The van der Waals surface area contributed by atoms with Crippen molar-refractivity contribution in [2.45, 2.75) is 0 Å². The Morgan fingerprint density at radius 2 is 1.43 bits per heavy atom. The first-order valence-electron chi connectivity index (χ1n) is 0.752. The van der Waals surface area contributed by atoms with E-state index in [2.05, 4.69) is 0 Å². The predicted octanol–water partition coefficient (Wildman–Crippen LogP) is -0.602. The van der Waals surface area contributed by atoms with Crippen LogP contribution in [0.2, 0.25) is 0 Å². The fourth-order valence-electron chi connectivity index (χ4n) is 0. The summed E-state index contributed by atoms with van der Waals surface area (Å²) in [5.74, 6) is 0. The smallest absolute Gasteiger partial charge is 0 e. The van der Waals surface area contributed by atoms with Crippen molar-refractivity contribution in [3.63, 3.8) is 0 Å². The van der Waals surface area contributed by atoms with Crippen molar-refractivity contribution in [3.05, 3.63) is 0 Å². The molecule has 0 aromatic heterocycles. The van der Waals surface area contributed by atoms with Crippen LogP contribution < -0.4 is 0 Å². The van der Waals surface area contributed by atoms with E-state index in [1.54, 1.807) is 0 Å². The maximum absolute atomic E-state index is 10.4. The van der Waals surface area contributed by atoms with Crippen LogP contribution in [0.1, 0.15) is 0 Å². The molecule has 1 radical (unpaired) electrons. The molecule has 3 nitrogen and oxygen atoms in total. The van der Waals surface area contributed by atoms with Crippen molar-refractivity contribution in [1.29, 1.82) is 0 Å².